The van der Waals surface area contributed by atoms with Crippen LogP contribution in [0.5, 0.6) is 0 Å². The lowest BCUT2D eigenvalue weighted by Crippen LogP contribution is -2.18. The highest BCUT2D eigenvalue weighted by Gasteiger charge is 2.19. The van der Waals surface area contributed by atoms with Gasteiger partial charge in [-0.2, -0.15) is 0 Å². The summed E-state index contributed by atoms with van der Waals surface area (Å²) in [7, 11) is -3.75. The Labute approximate surface area is 124 Å². The average molecular weight is 306 g/mol. The Bertz CT molecular complexity index is 729. The second-order valence-electron chi connectivity index (χ2n) is 4.90. The standard InChI is InChI=1S/C14H18N4O2S/c1-10(2)11-4-3-5-12(8-11)18-21(19,20)14-9-16-7-6-13(14)17-15/h3-10,18H,15H2,1-2H3,(H,16,17). The van der Waals surface area contributed by atoms with Crippen LogP contribution in [-0.4, -0.2) is 13.4 Å². The van der Waals surface area contributed by atoms with E-state index < -0.39 is 10.0 Å². The van der Waals surface area contributed by atoms with E-state index in [2.05, 4.69) is 15.1 Å². The highest BCUT2D eigenvalue weighted by molar-refractivity contribution is 7.92. The summed E-state index contributed by atoms with van der Waals surface area (Å²) in [5.41, 5.74) is 4.21. The van der Waals surface area contributed by atoms with Crippen LogP contribution < -0.4 is 16.0 Å². The Hall–Kier alpha value is -2.12. The van der Waals surface area contributed by atoms with E-state index >= 15 is 0 Å². The largest absolute Gasteiger partial charge is 0.323 e. The summed E-state index contributed by atoms with van der Waals surface area (Å²) < 4.78 is 27.4. The fourth-order valence-corrected chi connectivity index (χ4v) is 3.05. The van der Waals surface area contributed by atoms with Gasteiger partial charge in [-0.25, -0.2) is 8.42 Å². The quantitative estimate of drug-likeness (QED) is 0.581. The van der Waals surface area contributed by atoms with Crippen LogP contribution in [0.4, 0.5) is 11.4 Å². The number of hydrazine groups is 1. The molecule has 0 atom stereocenters. The SMILES string of the molecule is CC(C)c1cccc(NS(=O)(=O)c2cnccc2NN)c1. The molecule has 1 aromatic carbocycles. The molecule has 0 saturated carbocycles. The van der Waals surface area contributed by atoms with Gasteiger partial charge in [-0.05, 0) is 29.7 Å². The zero-order valence-electron chi connectivity index (χ0n) is 11.9. The number of hydrogen-bond acceptors (Lipinski definition) is 5. The van der Waals surface area contributed by atoms with Crippen molar-refractivity contribution in [2.24, 2.45) is 5.84 Å². The first kappa shape index (κ1) is 15.3. The zero-order valence-corrected chi connectivity index (χ0v) is 12.7. The van der Waals surface area contributed by atoms with Crippen LogP contribution in [0.25, 0.3) is 0 Å². The van der Waals surface area contributed by atoms with E-state index in [9.17, 15) is 8.42 Å². The molecule has 0 radical (unpaired) electrons. The van der Waals surface area contributed by atoms with E-state index in [0.29, 0.717) is 11.6 Å². The maximum atomic E-state index is 12.4. The van der Waals surface area contributed by atoms with Crippen molar-refractivity contribution in [2.75, 3.05) is 10.1 Å². The summed E-state index contributed by atoms with van der Waals surface area (Å²) in [5, 5.41) is 0. The van der Waals surface area contributed by atoms with Crippen molar-refractivity contribution < 1.29 is 8.42 Å². The van der Waals surface area contributed by atoms with Crippen LogP contribution in [0.3, 0.4) is 0 Å². The number of benzene rings is 1. The number of anilines is 2. The lowest BCUT2D eigenvalue weighted by atomic mass is 10.0. The Balaban J connectivity index is 2.35. The summed E-state index contributed by atoms with van der Waals surface area (Å²) in [5.74, 6) is 5.65. The van der Waals surface area contributed by atoms with E-state index in [-0.39, 0.29) is 10.6 Å². The molecule has 0 unspecified atom stereocenters. The molecule has 6 nitrogen and oxygen atoms in total. The minimum atomic E-state index is -3.75. The fourth-order valence-electron chi connectivity index (χ4n) is 1.88. The number of rotatable bonds is 5. The van der Waals surface area contributed by atoms with Gasteiger partial charge in [-0.3, -0.25) is 15.5 Å². The molecular weight excluding hydrogens is 288 g/mol. The topological polar surface area (TPSA) is 97.1 Å². The second-order valence-corrected chi connectivity index (χ2v) is 6.55. The van der Waals surface area contributed by atoms with Crippen LogP contribution in [0.15, 0.2) is 47.6 Å². The summed E-state index contributed by atoms with van der Waals surface area (Å²) in [6, 6.07) is 8.79. The number of sulfonamides is 1. The molecule has 2 aromatic rings. The molecule has 2 rings (SSSR count). The molecule has 0 spiro atoms. The first-order valence-electron chi connectivity index (χ1n) is 6.47. The third-order valence-electron chi connectivity index (χ3n) is 3.04. The number of aromatic nitrogens is 1. The van der Waals surface area contributed by atoms with Gasteiger partial charge in [0.2, 0.25) is 0 Å². The molecule has 0 bridgehead atoms. The molecule has 1 aromatic heterocycles. The summed E-state index contributed by atoms with van der Waals surface area (Å²) >= 11 is 0. The first-order chi connectivity index (χ1) is 9.94. The molecular formula is C14H18N4O2S. The number of nitrogens with zero attached hydrogens (tertiary/aromatic N) is 1. The third-order valence-corrected chi connectivity index (χ3v) is 4.44. The van der Waals surface area contributed by atoms with E-state index in [4.69, 9.17) is 5.84 Å². The van der Waals surface area contributed by atoms with Gasteiger partial charge in [0.1, 0.15) is 4.90 Å². The Morgan fingerprint density at radius 2 is 2.00 bits per heavy atom. The maximum Gasteiger partial charge on any atom is 0.265 e. The molecule has 4 N–H and O–H groups in total. The second kappa shape index (κ2) is 6.11. The van der Waals surface area contributed by atoms with Gasteiger partial charge in [0.25, 0.3) is 10.0 Å². The van der Waals surface area contributed by atoms with Gasteiger partial charge in [-0.15, -0.1) is 0 Å². The van der Waals surface area contributed by atoms with Gasteiger partial charge >= 0.3 is 0 Å². The van der Waals surface area contributed by atoms with E-state index in [1.54, 1.807) is 6.07 Å². The number of nitrogen functional groups attached to an aromatic ring is 1. The molecule has 0 amide bonds. The summed E-state index contributed by atoms with van der Waals surface area (Å²) in [6.45, 7) is 4.09. The van der Waals surface area contributed by atoms with Gasteiger partial charge in [-0.1, -0.05) is 26.0 Å². The average Bonchev–Trinajstić information content (AvgIpc) is 2.47. The lowest BCUT2D eigenvalue weighted by molar-refractivity contribution is 0.601. The third kappa shape index (κ3) is 3.50. The maximum absolute atomic E-state index is 12.4. The Morgan fingerprint density at radius 1 is 1.24 bits per heavy atom. The lowest BCUT2D eigenvalue weighted by Gasteiger charge is -2.13. The number of nitrogens with one attached hydrogen (secondary N) is 2. The molecule has 0 aliphatic rings. The minimum Gasteiger partial charge on any atom is -0.323 e. The number of nitrogens with two attached hydrogens (primary N) is 1. The zero-order chi connectivity index (χ0) is 15.5. The number of hydrogen-bond donors (Lipinski definition) is 3. The predicted octanol–water partition coefficient (Wildman–Crippen LogP) is 2.29. The van der Waals surface area contributed by atoms with Gasteiger partial charge in [0.05, 0.1) is 5.69 Å². The molecule has 0 fully saturated rings. The molecule has 0 saturated heterocycles. The van der Waals surface area contributed by atoms with Crippen molar-refractivity contribution in [1.29, 1.82) is 0 Å². The normalized spacial score (nSPS) is 11.4. The van der Waals surface area contributed by atoms with E-state index in [1.165, 1.54) is 18.5 Å². The van der Waals surface area contributed by atoms with Crippen LogP contribution in [0.2, 0.25) is 0 Å². The van der Waals surface area contributed by atoms with Crippen molar-refractivity contribution in [3.05, 3.63) is 48.3 Å². The van der Waals surface area contributed by atoms with Crippen molar-refractivity contribution in [2.45, 2.75) is 24.7 Å². The summed E-state index contributed by atoms with van der Waals surface area (Å²) in [4.78, 5) is 3.83. The predicted molar refractivity (Wildman–Crippen MR) is 83.4 cm³/mol. The van der Waals surface area contributed by atoms with Crippen LogP contribution in [0.1, 0.15) is 25.3 Å². The first-order valence-corrected chi connectivity index (χ1v) is 7.96. The van der Waals surface area contributed by atoms with E-state index in [1.807, 2.05) is 32.0 Å². The smallest absolute Gasteiger partial charge is 0.265 e. The molecule has 21 heavy (non-hydrogen) atoms. The van der Waals surface area contributed by atoms with Crippen molar-refractivity contribution >= 4 is 21.4 Å². The molecule has 7 heteroatoms. The monoisotopic (exact) mass is 306 g/mol. The highest BCUT2D eigenvalue weighted by Crippen LogP contribution is 2.24. The Kier molecular flexibility index (Phi) is 4.44. The van der Waals surface area contributed by atoms with Gasteiger partial charge in [0.15, 0.2) is 0 Å². The van der Waals surface area contributed by atoms with Crippen LogP contribution in [-0.2, 0) is 10.0 Å². The molecule has 1 heterocycles. The minimum absolute atomic E-state index is 0.00227. The van der Waals surface area contributed by atoms with Gasteiger partial charge < -0.3 is 5.43 Å². The Morgan fingerprint density at radius 3 is 2.67 bits per heavy atom. The van der Waals surface area contributed by atoms with Crippen molar-refractivity contribution in [3.8, 4) is 0 Å². The fraction of sp³-hybridized carbons (Fsp3) is 0.214. The molecule has 0 aliphatic heterocycles. The highest BCUT2D eigenvalue weighted by atomic mass is 32.2. The van der Waals surface area contributed by atoms with Gasteiger partial charge in [0, 0.05) is 18.1 Å². The molecule has 0 aliphatic carbocycles. The summed E-state index contributed by atoms with van der Waals surface area (Å²) in [6.07, 6.45) is 2.72. The van der Waals surface area contributed by atoms with Crippen molar-refractivity contribution in [1.82, 2.24) is 4.98 Å². The molecule has 112 valence electrons. The van der Waals surface area contributed by atoms with E-state index in [0.717, 1.165) is 5.56 Å². The van der Waals surface area contributed by atoms with Crippen molar-refractivity contribution in [3.63, 3.8) is 0 Å². The van der Waals surface area contributed by atoms with Crippen LogP contribution in [0, 0.1) is 0 Å². The number of pyridine rings is 1. The van der Waals surface area contributed by atoms with Crippen LogP contribution >= 0.6 is 0 Å².